The molecule has 142 valence electrons. The number of aryl methyl sites for hydroxylation is 1. The van der Waals surface area contributed by atoms with Gasteiger partial charge >= 0.3 is 0 Å². The van der Waals surface area contributed by atoms with Crippen LogP contribution in [0.15, 0.2) is 18.2 Å². The molecule has 0 fully saturated rings. The lowest BCUT2D eigenvalue weighted by Crippen LogP contribution is -2.42. The van der Waals surface area contributed by atoms with E-state index in [-0.39, 0.29) is 17.8 Å². The molecule has 1 N–H and O–H groups in total. The number of likely N-dealkylation sites (N-methyl/N-ethyl adjacent to an activating group) is 1. The van der Waals surface area contributed by atoms with Crippen molar-refractivity contribution in [1.29, 1.82) is 0 Å². The molecule has 1 aromatic carbocycles. The van der Waals surface area contributed by atoms with E-state index in [0.717, 1.165) is 13.1 Å². The van der Waals surface area contributed by atoms with Gasteiger partial charge in [-0.1, -0.05) is 50.0 Å². The minimum Gasteiger partial charge on any atom is -0.348 e. The van der Waals surface area contributed by atoms with Crippen molar-refractivity contribution in [3.05, 3.63) is 39.9 Å². The molecule has 0 saturated carbocycles. The highest BCUT2D eigenvalue weighted by atomic mass is 35.5. The molecule has 1 heterocycles. The van der Waals surface area contributed by atoms with Gasteiger partial charge in [-0.25, -0.2) is 9.67 Å². The predicted octanol–water partition coefficient (Wildman–Crippen LogP) is 3.60. The number of halogens is 2. The summed E-state index contributed by atoms with van der Waals surface area (Å²) in [6.07, 6.45) is 0.595. The van der Waals surface area contributed by atoms with E-state index in [2.05, 4.69) is 41.1 Å². The molecule has 0 aliphatic carbocycles. The van der Waals surface area contributed by atoms with Crippen molar-refractivity contribution in [2.45, 2.75) is 40.2 Å². The van der Waals surface area contributed by atoms with E-state index in [1.165, 1.54) is 0 Å². The third-order valence-electron chi connectivity index (χ3n) is 4.34. The highest BCUT2D eigenvalue weighted by Crippen LogP contribution is 2.28. The van der Waals surface area contributed by atoms with Crippen LogP contribution >= 0.6 is 23.2 Å². The number of aromatic nitrogens is 3. The third-order valence-corrected chi connectivity index (χ3v) is 4.95. The lowest BCUT2D eigenvalue weighted by atomic mass is 10.2. The molecule has 0 aliphatic heterocycles. The van der Waals surface area contributed by atoms with Gasteiger partial charge < -0.3 is 5.32 Å². The first-order chi connectivity index (χ1) is 12.4. The topological polar surface area (TPSA) is 63.1 Å². The van der Waals surface area contributed by atoms with Gasteiger partial charge in [0.2, 0.25) is 5.82 Å². The summed E-state index contributed by atoms with van der Waals surface area (Å²) in [7, 11) is 0. The quantitative estimate of drug-likeness (QED) is 0.738. The minimum atomic E-state index is -0.305. The molecule has 0 spiro atoms. The van der Waals surface area contributed by atoms with Gasteiger partial charge in [0.1, 0.15) is 11.5 Å². The number of carbonyl (C=O) groups excluding carboxylic acids is 1. The Bertz CT molecular complexity index is 738. The van der Waals surface area contributed by atoms with Crippen LogP contribution in [0, 0.1) is 0 Å². The van der Waals surface area contributed by atoms with Crippen LogP contribution in [0.1, 0.15) is 44.1 Å². The molecule has 1 amide bonds. The molecular formula is C18H25Cl2N5O. The summed E-state index contributed by atoms with van der Waals surface area (Å²) < 4.78 is 1.55. The summed E-state index contributed by atoms with van der Waals surface area (Å²) in [5, 5.41) is 8.17. The molecule has 0 saturated heterocycles. The second-order valence-electron chi connectivity index (χ2n) is 5.97. The molecule has 1 unspecified atom stereocenters. The van der Waals surface area contributed by atoms with Crippen molar-refractivity contribution in [1.82, 2.24) is 25.0 Å². The van der Waals surface area contributed by atoms with Gasteiger partial charge in [0.05, 0.1) is 10.0 Å². The maximum absolute atomic E-state index is 12.5. The number of hydrogen-bond acceptors (Lipinski definition) is 4. The van der Waals surface area contributed by atoms with Gasteiger partial charge in [-0.3, -0.25) is 9.69 Å². The summed E-state index contributed by atoms with van der Waals surface area (Å²) in [5.74, 6) is 0.437. The van der Waals surface area contributed by atoms with Gasteiger partial charge in [-0.15, -0.1) is 5.10 Å². The number of nitrogens with one attached hydrogen (secondary N) is 1. The predicted molar refractivity (Wildman–Crippen MR) is 105 cm³/mol. The van der Waals surface area contributed by atoms with Gasteiger partial charge in [0.25, 0.3) is 5.91 Å². The number of nitrogens with zero attached hydrogens (tertiary/aromatic N) is 4. The summed E-state index contributed by atoms with van der Waals surface area (Å²) >= 11 is 12.5. The fraction of sp³-hybridized carbons (Fsp3) is 0.500. The van der Waals surface area contributed by atoms with Crippen LogP contribution in [-0.2, 0) is 6.42 Å². The molecule has 2 aromatic rings. The van der Waals surface area contributed by atoms with E-state index in [9.17, 15) is 4.79 Å². The standard InChI is InChI=1S/C18H25Cl2N5O/c1-5-15-22-17(18(26)21-11-12(4)24(6-2)7-3)23-25(15)16-13(19)9-8-10-14(16)20/h8-10,12H,5-7,11H2,1-4H3,(H,21,26). The third kappa shape index (κ3) is 4.55. The summed E-state index contributed by atoms with van der Waals surface area (Å²) in [5.41, 5.74) is 0.538. The van der Waals surface area contributed by atoms with Crippen molar-refractivity contribution in [3.63, 3.8) is 0 Å². The zero-order valence-electron chi connectivity index (χ0n) is 15.6. The largest absolute Gasteiger partial charge is 0.348 e. The molecule has 0 aliphatic rings. The van der Waals surface area contributed by atoms with E-state index in [1.807, 2.05) is 6.92 Å². The monoisotopic (exact) mass is 397 g/mol. The van der Waals surface area contributed by atoms with Crippen molar-refractivity contribution in [2.75, 3.05) is 19.6 Å². The lowest BCUT2D eigenvalue weighted by molar-refractivity contribution is 0.0927. The normalized spacial score (nSPS) is 12.4. The maximum Gasteiger partial charge on any atom is 0.291 e. The summed E-state index contributed by atoms with van der Waals surface area (Å²) in [6, 6.07) is 5.46. The Morgan fingerprint density at radius 2 is 1.85 bits per heavy atom. The van der Waals surface area contributed by atoms with E-state index in [0.29, 0.717) is 34.5 Å². The lowest BCUT2D eigenvalue weighted by Gasteiger charge is -2.26. The van der Waals surface area contributed by atoms with Crippen LogP contribution in [-0.4, -0.2) is 51.2 Å². The number of amides is 1. The highest BCUT2D eigenvalue weighted by molar-refractivity contribution is 6.37. The Hall–Kier alpha value is -1.63. The number of para-hydroxylation sites is 1. The van der Waals surface area contributed by atoms with Gasteiger partial charge in [-0.2, -0.15) is 0 Å². The maximum atomic E-state index is 12.5. The zero-order chi connectivity index (χ0) is 19.3. The summed E-state index contributed by atoms with van der Waals surface area (Å²) in [4.78, 5) is 19.1. The summed E-state index contributed by atoms with van der Waals surface area (Å²) in [6.45, 7) is 10.6. The van der Waals surface area contributed by atoms with Crippen LogP contribution in [0.5, 0.6) is 0 Å². The molecule has 1 aromatic heterocycles. The molecule has 8 heteroatoms. The molecule has 2 rings (SSSR count). The Kier molecular flexibility index (Phi) is 7.43. The average Bonchev–Trinajstić information content (AvgIpc) is 3.04. The Morgan fingerprint density at radius 3 is 2.38 bits per heavy atom. The molecule has 0 radical (unpaired) electrons. The molecule has 26 heavy (non-hydrogen) atoms. The zero-order valence-corrected chi connectivity index (χ0v) is 17.1. The van der Waals surface area contributed by atoms with E-state index in [1.54, 1.807) is 22.9 Å². The van der Waals surface area contributed by atoms with E-state index < -0.39 is 0 Å². The first-order valence-electron chi connectivity index (χ1n) is 8.85. The Morgan fingerprint density at radius 1 is 1.23 bits per heavy atom. The second kappa shape index (κ2) is 9.35. The van der Waals surface area contributed by atoms with E-state index in [4.69, 9.17) is 23.2 Å². The average molecular weight is 398 g/mol. The van der Waals surface area contributed by atoms with Crippen molar-refractivity contribution >= 4 is 29.1 Å². The second-order valence-corrected chi connectivity index (χ2v) is 6.78. The van der Waals surface area contributed by atoms with Crippen LogP contribution in [0.25, 0.3) is 5.69 Å². The molecule has 0 bridgehead atoms. The first-order valence-corrected chi connectivity index (χ1v) is 9.60. The van der Waals surface area contributed by atoms with Gasteiger partial charge in [0.15, 0.2) is 0 Å². The van der Waals surface area contributed by atoms with Crippen LogP contribution in [0.4, 0.5) is 0 Å². The van der Waals surface area contributed by atoms with Crippen LogP contribution in [0.2, 0.25) is 10.0 Å². The van der Waals surface area contributed by atoms with Crippen molar-refractivity contribution in [3.8, 4) is 5.69 Å². The van der Waals surface area contributed by atoms with Gasteiger partial charge in [0, 0.05) is 19.0 Å². The van der Waals surface area contributed by atoms with Crippen molar-refractivity contribution in [2.24, 2.45) is 0 Å². The highest BCUT2D eigenvalue weighted by Gasteiger charge is 2.20. The first kappa shape index (κ1) is 20.7. The number of benzene rings is 1. The molecular weight excluding hydrogens is 373 g/mol. The number of rotatable bonds is 8. The number of carbonyl (C=O) groups is 1. The SMILES string of the molecule is CCc1nc(C(=O)NCC(C)N(CC)CC)nn1-c1c(Cl)cccc1Cl. The van der Waals surface area contributed by atoms with Gasteiger partial charge in [-0.05, 0) is 32.1 Å². The Balaban J connectivity index is 2.21. The Labute approximate surface area is 164 Å². The molecule has 1 atom stereocenters. The van der Waals surface area contributed by atoms with E-state index >= 15 is 0 Å². The van der Waals surface area contributed by atoms with Crippen molar-refractivity contribution < 1.29 is 4.79 Å². The molecule has 6 nitrogen and oxygen atoms in total. The fourth-order valence-electron chi connectivity index (χ4n) is 2.84. The minimum absolute atomic E-state index is 0.115. The fourth-order valence-corrected chi connectivity index (χ4v) is 3.39. The smallest absolute Gasteiger partial charge is 0.291 e. The van der Waals surface area contributed by atoms with Crippen LogP contribution in [0.3, 0.4) is 0 Å². The number of hydrogen-bond donors (Lipinski definition) is 1. The van der Waals surface area contributed by atoms with Crippen LogP contribution < -0.4 is 5.32 Å².